The normalized spacial score (nSPS) is 13.1. The molecule has 0 saturated carbocycles. The molecule has 0 heterocycles. The fraction of sp³-hybridized carbons (Fsp3) is 1.00. The molecule has 0 bridgehead atoms. The Morgan fingerprint density at radius 1 is 1.00 bits per heavy atom. The van der Waals surface area contributed by atoms with Gasteiger partial charge in [-0.05, 0) is 45.2 Å². The molecule has 2 N–H and O–H groups in total. The zero-order valence-corrected chi connectivity index (χ0v) is 14.6. The Labute approximate surface area is 125 Å². The second-order valence-corrected chi connectivity index (χ2v) is 7.15. The third-order valence-electron chi connectivity index (χ3n) is 4.04. The van der Waals surface area contributed by atoms with Crippen LogP contribution in [0.2, 0.25) is 0 Å². The maximum atomic E-state index is 12.3. The zero-order chi connectivity index (χ0) is 15.6. The van der Waals surface area contributed by atoms with Crippen LogP contribution in [0, 0.1) is 0 Å². The first kappa shape index (κ1) is 19.8. The van der Waals surface area contributed by atoms with E-state index in [9.17, 15) is 8.42 Å². The first-order valence-corrected chi connectivity index (χ1v) is 9.27. The van der Waals surface area contributed by atoms with Crippen molar-refractivity contribution in [3.8, 4) is 0 Å². The van der Waals surface area contributed by atoms with E-state index < -0.39 is 10.2 Å². The van der Waals surface area contributed by atoms with Crippen LogP contribution < -0.4 is 10.0 Å². The van der Waals surface area contributed by atoms with E-state index in [0.29, 0.717) is 6.54 Å². The van der Waals surface area contributed by atoms with Crippen LogP contribution in [0.1, 0.15) is 59.8 Å². The summed E-state index contributed by atoms with van der Waals surface area (Å²) in [4.78, 5) is 0. The van der Waals surface area contributed by atoms with Gasteiger partial charge in [0.2, 0.25) is 0 Å². The van der Waals surface area contributed by atoms with Gasteiger partial charge in [-0.15, -0.1) is 0 Å². The van der Waals surface area contributed by atoms with E-state index in [2.05, 4.69) is 17.0 Å². The molecule has 20 heavy (non-hydrogen) atoms. The molecule has 0 aliphatic heterocycles. The van der Waals surface area contributed by atoms with E-state index in [1.54, 1.807) is 7.05 Å². The molecule has 0 aromatic carbocycles. The molecular weight excluding hydrogens is 274 g/mol. The van der Waals surface area contributed by atoms with Crippen molar-refractivity contribution in [1.82, 2.24) is 14.3 Å². The molecule has 0 aromatic heterocycles. The van der Waals surface area contributed by atoms with Crippen molar-refractivity contribution in [3.63, 3.8) is 0 Å². The van der Waals surface area contributed by atoms with Gasteiger partial charge in [0, 0.05) is 19.1 Å². The molecule has 0 rings (SSSR count). The summed E-state index contributed by atoms with van der Waals surface area (Å²) in [5.41, 5.74) is -0.312. The predicted molar refractivity (Wildman–Crippen MR) is 86.1 cm³/mol. The molecule has 122 valence electrons. The standard InChI is InChI=1S/C14H33N3O2S/c1-6-11-15-12-10-13-17(5)20(18,19)16-14(7-2,8-3)9-4/h15-16H,6-13H2,1-5H3. The SMILES string of the molecule is CCCNCCCN(C)S(=O)(=O)NC(CC)(CC)CC. The molecule has 0 aliphatic carbocycles. The zero-order valence-electron chi connectivity index (χ0n) is 13.8. The number of hydrogen-bond acceptors (Lipinski definition) is 3. The van der Waals surface area contributed by atoms with E-state index in [1.165, 1.54) is 4.31 Å². The summed E-state index contributed by atoms with van der Waals surface area (Å²) in [6, 6.07) is 0. The van der Waals surface area contributed by atoms with Crippen molar-refractivity contribution in [2.45, 2.75) is 65.3 Å². The number of hydrogen-bond donors (Lipinski definition) is 2. The van der Waals surface area contributed by atoms with Crippen LogP contribution in [0.25, 0.3) is 0 Å². The minimum absolute atomic E-state index is 0.312. The average molecular weight is 308 g/mol. The van der Waals surface area contributed by atoms with Crippen LogP contribution in [0.5, 0.6) is 0 Å². The summed E-state index contributed by atoms with van der Waals surface area (Å²) in [6.07, 6.45) is 4.36. The summed E-state index contributed by atoms with van der Waals surface area (Å²) in [5, 5.41) is 3.28. The van der Waals surface area contributed by atoms with Gasteiger partial charge in [0.15, 0.2) is 0 Å². The highest BCUT2D eigenvalue weighted by atomic mass is 32.2. The van der Waals surface area contributed by atoms with Crippen molar-refractivity contribution >= 4 is 10.2 Å². The minimum atomic E-state index is -3.39. The Bertz CT molecular complexity index is 332. The van der Waals surface area contributed by atoms with Crippen LogP contribution in [0.15, 0.2) is 0 Å². The Kier molecular flexibility index (Phi) is 9.63. The van der Waals surface area contributed by atoms with Gasteiger partial charge in [-0.2, -0.15) is 17.4 Å². The second kappa shape index (κ2) is 9.71. The van der Waals surface area contributed by atoms with Crippen LogP contribution in [-0.4, -0.2) is 44.9 Å². The van der Waals surface area contributed by atoms with Gasteiger partial charge in [0.25, 0.3) is 10.2 Å². The summed E-state index contributed by atoms with van der Waals surface area (Å²) >= 11 is 0. The molecule has 0 aromatic rings. The smallest absolute Gasteiger partial charge is 0.279 e. The van der Waals surface area contributed by atoms with Crippen LogP contribution in [0.4, 0.5) is 0 Å². The van der Waals surface area contributed by atoms with Crippen molar-refractivity contribution in [2.75, 3.05) is 26.7 Å². The Morgan fingerprint density at radius 3 is 2.00 bits per heavy atom. The molecule has 0 unspecified atom stereocenters. The highest BCUT2D eigenvalue weighted by Gasteiger charge is 2.31. The Hall–Kier alpha value is -0.170. The molecule has 0 aliphatic rings. The largest absolute Gasteiger partial charge is 0.317 e. The summed E-state index contributed by atoms with van der Waals surface area (Å²) in [5.74, 6) is 0. The van der Waals surface area contributed by atoms with Crippen LogP contribution in [-0.2, 0) is 10.2 Å². The molecule has 0 radical (unpaired) electrons. The van der Waals surface area contributed by atoms with Gasteiger partial charge in [0.05, 0.1) is 0 Å². The maximum absolute atomic E-state index is 12.3. The van der Waals surface area contributed by atoms with Crippen molar-refractivity contribution in [1.29, 1.82) is 0 Å². The average Bonchev–Trinajstić information content (AvgIpc) is 2.44. The van der Waals surface area contributed by atoms with Gasteiger partial charge >= 0.3 is 0 Å². The van der Waals surface area contributed by atoms with E-state index in [-0.39, 0.29) is 5.54 Å². The third kappa shape index (κ3) is 6.52. The highest BCUT2D eigenvalue weighted by molar-refractivity contribution is 7.87. The van der Waals surface area contributed by atoms with E-state index >= 15 is 0 Å². The minimum Gasteiger partial charge on any atom is -0.317 e. The fourth-order valence-corrected chi connectivity index (χ4v) is 3.67. The summed E-state index contributed by atoms with van der Waals surface area (Å²) in [7, 11) is -1.74. The molecule has 0 fully saturated rings. The Balaban J connectivity index is 4.40. The quantitative estimate of drug-likeness (QED) is 0.543. The summed E-state index contributed by atoms with van der Waals surface area (Å²) < 4.78 is 29.0. The molecule has 6 heteroatoms. The fourth-order valence-electron chi connectivity index (χ4n) is 2.17. The number of rotatable bonds is 12. The van der Waals surface area contributed by atoms with Crippen LogP contribution >= 0.6 is 0 Å². The molecule has 5 nitrogen and oxygen atoms in total. The van der Waals surface area contributed by atoms with Crippen LogP contribution in [0.3, 0.4) is 0 Å². The van der Waals surface area contributed by atoms with Gasteiger partial charge < -0.3 is 5.32 Å². The number of nitrogens with zero attached hydrogens (tertiary/aromatic N) is 1. The first-order valence-electron chi connectivity index (χ1n) is 7.83. The van der Waals surface area contributed by atoms with Crippen molar-refractivity contribution < 1.29 is 8.42 Å². The van der Waals surface area contributed by atoms with Gasteiger partial charge in [0.1, 0.15) is 0 Å². The summed E-state index contributed by atoms with van der Waals surface area (Å²) in [6.45, 7) is 10.6. The lowest BCUT2D eigenvalue weighted by Crippen LogP contribution is -2.52. The topological polar surface area (TPSA) is 61.4 Å². The first-order chi connectivity index (χ1) is 9.37. The highest BCUT2D eigenvalue weighted by Crippen LogP contribution is 2.21. The lowest BCUT2D eigenvalue weighted by molar-refractivity contribution is 0.327. The van der Waals surface area contributed by atoms with E-state index in [4.69, 9.17) is 0 Å². The van der Waals surface area contributed by atoms with Gasteiger partial charge in [-0.3, -0.25) is 0 Å². The molecule has 0 spiro atoms. The predicted octanol–water partition coefficient (Wildman–Crippen LogP) is 2.11. The van der Waals surface area contributed by atoms with E-state index in [1.807, 2.05) is 20.8 Å². The van der Waals surface area contributed by atoms with E-state index in [0.717, 1.165) is 45.2 Å². The maximum Gasteiger partial charge on any atom is 0.279 e. The molecular formula is C14H33N3O2S. The molecule has 0 atom stereocenters. The van der Waals surface area contributed by atoms with Crippen molar-refractivity contribution in [3.05, 3.63) is 0 Å². The third-order valence-corrected chi connectivity index (χ3v) is 5.73. The van der Waals surface area contributed by atoms with Gasteiger partial charge in [-0.1, -0.05) is 27.7 Å². The number of nitrogens with one attached hydrogen (secondary N) is 2. The second-order valence-electron chi connectivity index (χ2n) is 5.37. The molecule has 0 saturated heterocycles. The molecule has 0 amide bonds. The van der Waals surface area contributed by atoms with Gasteiger partial charge in [-0.25, -0.2) is 0 Å². The Morgan fingerprint density at radius 2 is 1.55 bits per heavy atom. The monoisotopic (exact) mass is 307 g/mol. The lowest BCUT2D eigenvalue weighted by atomic mass is 9.91. The lowest BCUT2D eigenvalue weighted by Gasteiger charge is -2.33. The van der Waals surface area contributed by atoms with Crippen molar-refractivity contribution in [2.24, 2.45) is 0 Å².